The third-order valence-corrected chi connectivity index (χ3v) is 5.42. The number of carbonyl (C=O) groups excluding carboxylic acids is 2. The maximum atomic E-state index is 12.6. The normalized spacial score (nSPS) is 12.3. The molecule has 2 amide bonds. The Bertz CT molecular complexity index is 872. The number of hydrogen-bond donors (Lipinski definition) is 1. The van der Waals surface area contributed by atoms with E-state index in [-0.39, 0.29) is 23.3 Å². The van der Waals surface area contributed by atoms with Crippen molar-refractivity contribution >= 4 is 29.3 Å². The van der Waals surface area contributed by atoms with Crippen molar-refractivity contribution in [3.05, 3.63) is 53.6 Å². The first kappa shape index (κ1) is 21.0. The van der Waals surface area contributed by atoms with E-state index in [0.717, 1.165) is 28.3 Å². The molecule has 0 radical (unpaired) electrons. The average Bonchev–Trinajstić information content (AvgIpc) is 2.72. The van der Waals surface area contributed by atoms with Gasteiger partial charge in [-0.25, -0.2) is 0 Å². The van der Waals surface area contributed by atoms with Crippen molar-refractivity contribution in [2.45, 2.75) is 20.4 Å². The summed E-state index contributed by atoms with van der Waals surface area (Å²) in [7, 11) is 0. The molecule has 6 nitrogen and oxygen atoms in total. The summed E-state index contributed by atoms with van der Waals surface area (Å²) in [5.41, 5.74) is 2.79. The standard InChI is InChI=1S/C22H26N2O4S/c1-3-24(13-17-7-5-9-19-22(17)28-11-10-27-19)21(26)15-29-14-20(25)23-18-8-4-6-16(2)12-18/h4-9,12H,3,10-11,13-15H2,1-2H3,(H,23,25). The lowest BCUT2D eigenvalue weighted by molar-refractivity contribution is -0.128. The molecule has 1 aliphatic rings. The fraction of sp³-hybridized carbons (Fsp3) is 0.364. The number of ether oxygens (including phenoxy) is 2. The van der Waals surface area contributed by atoms with E-state index in [0.29, 0.717) is 26.3 Å². The minimum Gasteiger partial charge on any atom is -0.486 e. The summed E-state index contributed by atoms with van der Waals surface area (Å²) in [6.45, 7) is 6.00. The second-order valence-electron chi connectivity index (χ2n) is 6.76. The number of thioether (sulfide) groups is 1. The highest BCUT2D eigenvalue weighted by Crippen LogP contribution is 2.34. The van der Waals surface area contributed by atoms with Gasteiger partial charge < -0.3 is 19.7 Å². The van der Waals surface area contributed by atoms with Crippen molar-refractivity contribution in [3.8, 4) is 11.5 Å². The van der Waals surface area contributed by atoms with E-state index in [1.54, 1.807) is 4.90 Å². The zero-order valence-electron chi connectivity index (χ0n) is 16.8. The first-order valence-electron chi connectivity index (χ1n) is 9.66. The molecule has 29 heavy (non-hydrogen) atoms. The number of amides is 2. The van der Waals surface area contributed by atoms with Gasteiger partial charge in [0.1, 0.15) is 13.2 Å². The van der Waals surface area contributed by atoms with Crippen LogP contribution >= 0.6 is 11.8 Å². The van der Waals surface area contributed by atoms with Crippen LogP contribution < -0.4 is 14.8 Å². The maximum absolute atomic E-state index is 12.6. The predicted octanol–water partition coefficient (Wildman–Crippen LogP) is 3.49. The van der Waals surface area contributed by atoms with Crippen LogP contribution in [0.5, 0.6) is 11.5 Å². The third kappa shape index (κ3) is 5.90. The quantitative estimate of drug-likeness (QED) is 0.716. The number of fused-ring (bicyclic) bond motifs is 1. The second kappa shape index (κ2) is 10.2. The van der Waals surface area contributed by atoms with Crippen molar-refractivity contribution in [2.24, 2.45) is 0 Å². The molecule has 0 fully saturated rings. The SMILES string of the molecule is CCN(Cc1cccc2c1OCCO2)C(=O)CSCC(=O)Nc1cccc(C)c1. The molecule has 0 aromatic heterocycles. The number of hydrogen-bond acceptors (Lipinski definition) is 5. The van der Waals surface area contributed by atoms with Crippen molar-refractivity contribution in [1.29, 1.82) is 0 Å². The topological polar surface area (TPSA) is 67.9 Å². The van der Waals surface area contributed by atoms with Gasteiger partial charge in [-0.3, -0.25) is 9.59 Å². The highest BCUT2D eigenvalue weighted by atomic mass is 32.2. The number of carbonyl (C=O) groups is 2. The molecule has 7 heteroatoms. The maximum Gasteiger partial charge on any atom is 0.234 e. The van der Waals surface area contributed by atoms with Gasteiger partial charge in [0.25, 0.3) is 0 Å². The second-order valence-corrected chi connectivity index (χ2v) is 7.75. The number of nitrogens with zero attached hydrogens (tertiary/aromatic N) is 1. The summed E-state index contributed by atoms with van der Waals surface area (Å²) < 4.78 is 11.3. The zero-order valence-corrected chi connectivity index (χ0v) is 17.6. The fourth-order valence-electron chi connectivity index (χ4n) is 3.08. The van der Waals surface area contributed by atoms with E-state index in [1.807, 2.05) is 56.3 Å². The lowest BCUT2D eigenvalue weighted by atomic mass is 10.1. The number of rotatable bonds is 8. The van der Waals surface area contributed by atoms with Crippen LogP contribution in [0.25, 0.3) is 0 Å². The van der Waals surface area contributed by atoms with Crippen LogP contribution in [0.3, 0.4) is 0 Å². The Morgan fingerprint density at radius 1 is 1.10 bits per heavy atom. The van der Waals surface area contributed by atoms with E-state index in [1.165, 1.54) is 11.8 Å². The molecule has 0 atom stereocenters. The molecule has 2 aromatic carbocycles. The highest BCUT2D eigenvalue weighted by Gasteiger charge is 2.19. The minimum absolute atomic E-state index is 0.00446. The Kier molecular flexibility index (Phi) is 7.41. The third-order valence-electron chi connectivity index (χ3n) is 4.50. The van der Waals surface area contributed by atoms with Gasteiger partial charge >= 0.3 is 0 Å². The molecular formula is C22H26N2O4S. The van der Waals surface area contributed by atoms with E-state index < -0.39 is 0 Å². The van der Waals surface area contributed by atoms with Gasteiger partial charge in [-0.2, -0.15) is 0 Å². The van der Waals surface area contributed by atoms with Crippen LogP contribution in [0, 0.1) is 6.92 Å². The van der Waals surface area contributed by atoms with E-state index in [4.69, 9.17) is 9.47 Å². The van der Waals surface area contributed by atoms with Crippen molar-refractivity contribution < 1.29 is 19.1 Å². The van der Waals surface area contributed by atoms with Crippen LogP contribution in [0.1, 0.15) is 18.1 Å². The van der Waals surface area contributed by atoms with E-state index in [2.05, 4.69) is 5.32 Å². The Morgan fingerprint density at radius 2 is 1.90 bits per heavy atom. The van der Waals surface area contributed by atoms with Gasteiger partial charge in [-0.05, 0) is 37.6 Å². The molecule has 1 aliphatic heterocycles. The Balaban J connectivity index is 1.49. The Morgan fingerprint density at radius 3 is 2.69 bits per heavy atom. The number of anilines is 1. The van der Waals surface area contributed by atoms with Crippen LogP contribution in [0.2, 0.25) is 0 Å². The lowest BCUT2D eigenvalue weighted by Gasteiger charge is -2.25. The molecule has 3 rings (SSSR count). The molecule has 1 N–H and O–H groups in total. The van der Waals surface area contributed by atoms with Crippen LogP contribution in [-0.4, -0.2) is 48.0 Å². The summed E-state index contributed by atoms with van der Waals surface area (Å²) in [6, 6.07) is 13.4. The number of para-hydroxylation sites is 1. The molecule has 0 saturated heterocycles. The Hall–Kier alpha value is -2.67. The lowest BCUT2D eigenvalue weighted by Crippen LogP contribution is -2.32. The highest BCUT2D eigenvalue weighted by molar-refractivity contribution is 8.00. The predicted molar refractivity (Wildman–Crippen MR) is 116 cm³/mol. The summed E-state index contributed by atoms with van der Waals surface area (Å²) in [6.07, 6.45) is 0. The van der Waals surface area contributed by atoms with Gasteiger partial charge in [-0.15, -0.1) is 11.8 Å². The molecular weight excluding hydrogens is 388 g/mol. The molecule has 0 unspecified atom stereocenters. The van der Waals surface area contributed by atoms with Gasteiger partial charge in [0, 0.05) is 24.3 Å². The summed E-state index contributed by atoms with van der Waals surface area (Å²) in [4.78, 5) is 26.5. The monoisotopic (exact) mass is 414 g/mol. The van der Waals surface area contributed by atoms with Crippen molar-refractivity contribution in [1.82, 2.24) is 4.90 Å². The van der Waals surface area contributed by atoms with E-state index >= 15 is 0 Å². The first-order chi connectivity index (χ1) is 14.1. The van der Waals surface area contributed by atoms with Gasteiger partial charge in [0.2, 0.25) is 11.8 Å². The summed E-state index contributed by atoms with van der Waals surface area (Å²) in [5, 5.41) is 2.86. The average molecular weight is 415 g/mol. The number of aryl methyl sites for hydroxylation is 1. The van der Waals surface area contributed by atoms with E-state index in [9.17, 15) is 9.59 Å². The van der Waals surface area contributed by atoms with Crippen LogP contribution in [0.15, 0.2) is 42.5 Å². The smallest absolute Gasteiger partial charge is 0.234 e. The molecule has 0 saturated carbocycles. The first-order valence-corrected chi connectivity index (χ1v) is 10.8. The van der Waals surface area contributed by atoms with Crippen LogP contribution in [-0.2, 0) is 16.1 Å². The molecule has 1 heterocycles. The van der Waals surface area contributed by atoms with Crippen molar-refractivity contribution in [2.75, 3.05) is 36.6 Å². The molecule has 0 spiro atoms. The largest absolute Gasteiger partial charge is 0.486 e. The number of benzene rings is 2. The summed E-state index contributed by atoms with van der Waals surface area (Å²) in [5.74, 6) is 1.81. The molecule has 0 aliphatic carbocycles. The zero-order chi connectivity index (χ0) is 20.6. The Labute approximate surface area is 175 Å². The van der Waals surface area contributed by atoms with Gasteiger partial charge in [-0.1, -0.05) is 24.3 Å². The fourth-order valence-corrected chi connectivity index (χ4v) is 3.80. The van der Waals surface area contributed by atoms with Gasteiger partial charge in [0.15, 0.2) is 11.5 Å². The molecule has 154 valence electrons. The van der Waals surface area contributed by atoms with Crippen molar-refractivity contribution in [3.63, 3.8) is 0 Å². The molecule has 0 bridgehead atoms. The summed E-state index contributed by atoms with van der Waals surface area (Å²) >= 11 is 1.32. The number of nitrogens with one attached hydrogen (secondary N) is 1. The van der Waals surface area contributed by atoms with Crippen LogP contribution in [0.4, 0.5) is 5.69 Å². The minimum atomic E-state index is -0.112. The van der Waals surface area contributed by atoms with Gasteiger partial charge in [0.05, 0.1) is 11.5 Å². The molecule has 2 aromatic rings.